The summed E-state index contributed by atoms with van der Waals surface area (Å²) < 4.78 is 5.11. The van der Waals surface area contributed by atoms with E-state index >= 15 is 0 Å². The summed E-state index contributed by atoms with van der Waals surface area (Å²) in [6, 6.07) is 1.26. The van der Waals surface area contributed by atoms with Crippen molar-refractivity contribution in [2.75, 3.05) is 32.8 Å². The van der Waals surface area contributed by atoms with Crippen molar-refractivity contribution in [1.29, 1.82) is 0 Å². The van der Waals surface area contributed by atoms with Crippen LogP contribution in [-0.2, 0) is 9.53 Å². The summed E-state index contributed by atoms with van der Waals surface area (Å²) in [6.45, 7) is 11.0. The molecule has 4 nitrogen and oxygen atoms in total. The number of carbonyl (C=O) groups is 1. The lowest BCUT2D eigenvalue weighted by Crippen LogP contribution is -2.59. The molecule has 2 heterocycles. The van der Waals surface area contributed by atoms with E-state index in [9.17, 15) is 4.79 Å². The maximum absolute atomic E-state index is 11.7. The van der Waals surface area contributed by atoms with Gasteiger partial charge in [0.1, 0.15) is 0 Å². The number of carbonyl (C=O) groups excluding carboxylic acids is 1. The van der Waals surface area contributed by atoms with Crippen molar-refractivity contribution >= 4 is 5.97 Å². The van der Waals surface area contributed by atoms with Gasteiger partial charge in [0.15, 0.2) is 0 Å². The first-order valence-electron chi connectivity index (χ1n) is 7.76. The SMILES string of the molecule is CCOC(=O)C(C)CN1CC2CCCCN2CC1C. The second-order valence-electron chi connectivity index (χ2n) is 6.10. The minimum absolute atomic E-state index is 0.0162. The molecule has 0 N–H and O–H groups in total. The highest BCUT2D eigenvalue weighted by Gasteiger charge is 2.34. The van der Waals surface area contributed by atoms with Crippen LogP contribution in [0.1, 0.15) is 40.0 Å². The van der Waals surface area contributed by atoms with Crippen molar-refractivity contribution in [2.24, 2.45) is 5.92 Å². The van der Waals surface area contributed by atoms with Crippen molar-refractivity contribution < 1.29 is 9.53 Å². The Morgan fingerprint density at radius 1 is 1.37 bits per heavy atom. The van der Waals surface area contributed by atoms with Crippen LogP contribution in [0.3, 0.4) is 0 Å². The van der Waals surface area contributed by atoms with Crippen molar-refractivity contribution in [3.63, 3.8) is 0 Å². The fraction of sp³-hybridized carbons (Fsp3) is 0.933. The monoisotopic (exact) mass is 268 g/mol. The Labute approximate surface area is 117 Å². The van der Waals surface area contributed by atoms with E-state index in [1.165, 1.54) is 25.8 Å². The van der Waals surface area contributed by atoms with Crippen LogP contribution >= 0.6 is 0 Å². The van der Waals surface area contributed by atoms with Crippen molar-refractivity contribution in [3.8, 4) is 0 Å². The van der Waals surface area contributed by atoms with Crippen LogP contribution in [0, 0.1) is 5.92 Å². The van der Waals surface area contributed by atoms with E-state index in [0.717, 1.165) is 19.6 Å². The first kappa shape index (κ1) is 14.8. The van der Waals surface area contributed by atoms with Gasteiger partial charge in [0.2, 0.25) is 0 Å². The van der Waals surface area contributed by atoms with Gasteiger partial charge in [0.25, 0.3) is 0 Å². The normalized spacial score (nSPS) is 30.7. The molecule has 110 valence electrons. The molecule has 0 spiro atoms. The third kappa shape index (κ3) is 3.69. The molecule has 2 rings (SSSR count). The lowest BCUT2D eigenvalue weighted by atomic mass is 9.96. The molecule has 0 bridgehead atoms. The minimum atomic E-state index is -0.0548. The summed E-state index contributed by atoms with van der Waals surface area (Å²) >= 11 is 0. The number of nitrogens with zero attached hydrogens (tertiary/aromatic N) is 2. The minimum Gasteiger partial charge on any atom is -0.466 e. The molecular weight excluding hydrogens is 240 g/mol. The molecule has 0 saturated carbocycles. The molecule has 0 amide bonds. The molecule has 2 saturated heterocycles. The fourth-order valence-electron chi connectivity index (χ4n) is 3.38. The largest absolute Gasteiger partial charge is 0.466 e. The Morgan fingerprint density at radius 2 is 2.16 bits per heavy atom. The number of hydrogen-bond acceptors (Lipinski definition) is 4. The first-order chi connectivity index (χ1) is 9.11. The summed E-state index contributed by atoms with van der Waals surface area (Å²) in [5.41, 5.74) is 0. The van der Waals surface area contributed by atoms with Crippen molar-refractivity contribution in [2.45, 2.75) is 52.1 Å². The molecule has 2 aliphatic heterocycles. The van der Waals surface area contributed by atoms with E-state index in [2.05, 4.69) is 16.7 Å². The highest BCUT2D eigenvalue weighted by atomic mass is 16.5. The smallest absolute Gasteiger partial charge is 0.309 e. The zero-order valence-corrected chi connectivity index (χ0v) is 12.6. The van der Waals surface area contributed by atoms with E-state index in [1.54, 1.807) is 0 Å². The molecule has 0 aromatic heterocycles. The van der Waals surface area contributed by atoms with E-state index < -0.39 is 0 Å². The summed E-state index contributed by atoms with van der Waals surface area (Å²) in [5.74, 6) is -0.0710. The predicted molar refractivity (Wildman–Crippen MR) is 76.0 cm³/mol. The van der Waals surface area contributed by atoms with Crippen LogP contribution in [0.15, 0.2) is 0 Å². The molecule has 0 aromatic carbocycles. The number of piperidine rings is 1. The van der Waals surface area contributed by atoms with E-state index in [1.807, 2.05) is 13.8 Å². The van der Waals surface area contributed by atoms with Gasteiger partial charge >= 0.3 is 5.97 Å². The molecule has 19 heavy (non-hydrogen) atoms. The van der Waals surface area contributed by atoms with Gasteiger partial charge in [-0.25, -0.2) is 0 Å². The van der Waals surface area contributed by atoms with E-state index in [-0.39, 0.29) is 11.9 Å². The van der Waals surface area contributed by atoms with Gasteiger partial charge in [-0.15, -0.1) is 0 Å². The van der Waals surface area contributed by atoms with Gasteiger partial charge in [-0.1, -0.05) is 13.3 Å². The summed E-state index contributed by atoms with van der Waals surface area (Å²) in [4.78, 5) is 16.9. The molecule has 3 unspecified atom stereocenters. The second kappa shape index (κ2) is 6.71. The quantitative estimate of drug-likeness (QED) is 0.727. The molecule has 0 radical (unpaired) electrons. The van der Waals surface area contributed by atoms with Crippen molar-refractivity contribution in [3.05, 3.63) is 0 Å². The lowest BCUT2D eigenvalue weighted by molar-refractivity contribution is -0.148. The van der Waals surface area contributed by atoms with Crippen LogP contribution < -0.4 is 0 Å². The molecule has 0 aromatic rings. The number of hydrogen-bond donors (Lipinski definition) is 0. The predicted octanol–water partition coefficient (Wildman–Crippen LogP) is 1.74. The second-order valence-corrected chi connectivity index (χ2v) is 6.10. The maximum Gasteiger partial charge on any atom is 0.309 e. The number of piperazine rings is 1. The third-order valence-electron chi connectivity index (χ3n) is 4.51. The van der Waals surface area contributed by atoms with E-state index in [4.69, 9.17) is 4.74 Å². The zero-order valence-electron chi connectivity index (χ0n) is 12.6. The number of esters is 1. The van der Waals surface area contributed by atoms with E-state index in [0.29, 0.717) is 18.7 Å². The molecule has 2 fully saturated rings. The Bertz CT molecular complexity index is 309. The number of fused-ring (bicyclic) bond motifs is 1. The van der Waals surface area contributed by atoms with Crippen molar-refractivity contribution in [1.82, 2.24) is 9.80 Å². The highest BCUT2D eigenvalue weighted by molar-refractivity contribution is 5.72. The molecular formula is C15H28N2O2. The van der Waals surface area contributed by atoms with Crippen LogP contribution in [0.4, 0.5) is 0 Å². The van der Waals surface area contributed by atoms with Gasteiger partial charge in [0, 0.05) is 31.7 Å². The average molecular weight is 268 g/mol. The van der Waals surface area contributed by atoms with Gasteiger partial charge < -0.3 is 4.74 Å². The van der Waals surface area contributed by atoms with Gasteiger partial charge in [-0.05, 0) is 33.2 Å². The molecule has 4 heteroatoms. The summed E-state index contributed by atoms with van der Waals surface area (Å²) in [6.07, 6.45) is 4.02. The van der Waals surface area contributed by atoms with Gasteiger partial charge in [-0.3, -0.25) is 14.6 Å². The number of rotatable bonds is 4. The molecule has 0 aliphatic carbocycles. The lowest BCUT2D eigenvalue weighted by Gasteiger charge is -2.48. The van der Waals surface area contributed by atoms with Gasteiger partial charge in [-0.2, -0.15) is 0 Å². The Morgan fingerprint density at radius 3 is 2.89 bits per heavy atom. The van der Waals surface area contributed by atoms with Crippen LogP contribution in [0.2, 0.25) is 0 Å². The zero-order chi connectivity index (χ0) is 13.8. The van der Waals surface area contributed by atoms with Crippen LogP contribution in [0.5, 0.6) is 0 Å². The maximum atomic E-state index is 11.7. The Balaban J connectivity index is 1.87. The summed E-state index contributed by atoms with van der Waals surface area (Å²) in [5, 5.41) is 0. The summed E-state index contributed by atoms with van der Waals surface area (Å²) in [7, 11) is 0. The molecule has 3 atom stereocenters. The Kier molecular flexibility index (Phi) is 5.22. The standard InChI is InChI=1S/C15H28N2O2/c1-4-19-15(18)12(2)9-17-11-14-7-5-6-8-16(14)10-13(17)3/h12-14H,4-11H2,1-3H3. The van der Waals surface area contributed by atoms with Crippen LogP contribution in [0.25, 0.3) is 0 Å². The van der Waals surface area contributed by atoms with Gasteiger partial charge in [0.05, 0.1) is 12.5 Å². The third-order valence-corrected chi connectivity index (χ3v) is 4.51. The average Bonchev–Trinajstić information content (AvgIpc) is 2.39. The van der Waals surface area contributed by atoms with Crippen LogP contribution in [-0.4, -0.2) is 60.6 Å². The Hall–Kier alpha value is -0.610. The highest BCUT2D eigenvalue weighted by Crippen LogP contribution is 2.24. The number of ether oxygens (including phenoxy) is 1. The fourth-order valence-corrected chi connectivity index (χ4v) is 3.38. The first-order valence-corrected chi connectivity index (χ1v) is 7.76. The topological polar surface area (TPSA) is 32.8 Å². The molecule has 2 aliphatic rings.